The van der Waals surface area contributed by atoms with Gasteiger partial charge < -0.3 is 0 Å². The Labute approximate surface area is 97.8 Å². The van der Waals surface area contributed by atoms with E-state index in [9.17, 15) is 0 Å². The second-order valence-corrected chi connectivity index (χ2v) is 5.98. The first-order chi connectivity index (χ1) is 7.00. The molecule has 0 spiro atoms. The highest BCUT2D eigenvalue weighted by atomic mass is 32.2. The van der Waals surface area contributed by atoms with Gasteiger partial charge in [0.05, 0.1) is 0 Å². The summed E-state index contributed by atoms with van der Waals surface area (Å²) in [6.07, 6.45) is 4.39. The summed E-state index contributed by atoms with van der Waals surface area (Å²) in [5, 5.41) is 2.53. The van der Waals surface area contributed by atoms with Crippen LogP contribution in [0.15, 0.2) is 41.5 Å². The lowest BCUT2D eigenvalue weighted by Crippen LogP contribution is -2.25. The highest BCUT2D eigenvalue weighted by Gasteiger charge is 2.30. The van der Waals surface area contributed by atoms with Gasteiger partial charge in [-0.05, 0) is 30.8 Å². The van der Waals surface area contributed by atoms with Crippen LogP contribution in [0.2, 0.25) is 0 Å². The van der Waals surface area contributed by atoms with Gasteiger partial charge in [-0.15, -0.1) is 17.5 Å². The van der Waals surface area contributed by atoms with Gasteiger partial charge in [-0.25, -0.2) is 0 Å². The molecule has 15 heavy (non-hydrogen) atoms. The zero-order valence-corrected chi connectivity index (χ0v) is 10.8. The zero-order chi connectivity index (χ0) is 11.5. The monoisotopic (exact) mass is 220 g/mol. The maximum absolute atomic E-state index is 3.91. The summed E-state index contributed by atoms with van der Waals surface area (Å²) in [5.41, 5.74) is 6.11. The van der Waals surface area contributed by atoms with Crippen LogP contribution in [0.4, 0.5) is 0 Å². The van der Waals surface area contributed by atoms with Crippen molar-refractivity contribution in [2.45, 2.75) is 38.9 Å². The van der Waals surface area contributed by atoms with Crippen molar-refractivity contribution in [2.24, 2.45) is 5.41 Å². The lowest BCUT2D eigenvalue weighted by molar-refractivity contribution is 0.322. The molecule has 0 aromatic carbocycles. The smallest absolute Gasteiger partial charge is 0.0312 e. The first-order valence-corrected chi connectivity index (χ1v) is 6.26. The molecule has 0 heterocycles. The Hall–Kier alpha value is -0.650. The highest BCUT2D eigenvalue weighted by Crippen LogP contribution is 2.43. The molecule has 82 valence electrons. The zero-order valence-electron chi connectivity index (χ0n) is 9.97. The maximum Gasteiger partial charge on any atom is 0.0312 e. The minimum absolute atomic E-state index is 0.385. The van der Waals surface area contributed by atoms with E-state index < -0.39 is 0 Å². The fourth-order valence-corrected chi connectivity index (χ4v) is 3.27. The minimum atomic E-state index is 0.385. The lowest BCUT2D eigenvalue weighted by atomic mass is 9.74. The molecule has 0 radical (unpaired) electrons. The van der Waals surface area contributed by atoms with Gasteiger partial charge in [0, 0.05) is 10.7 Å². The van der Waals surface area contributed by atoms with Crippen molar-refractivity contribution >= 4 is 11.8 Å². The van der Waals surface area contributed by atoms with Gasteiger partial charge in [0.2, 0.25) is 0 Å². The van der Waals surface area contributed by atoms with Gasteiger partial charge >= 0.3 is 0 Å². The molecule has 1 atom stereocenters. The molecular weight excluding hydrogens is 200 g/mol. The molecule has 1 unspecified atom stereocenters. The molecule has 0 saturated heterocycles. The molecule has 0 amide bonds. The quantitative estimate of drug-likeness (QED) is 0.621. The van der Waals surface area contributed by atoms with Crippen LogP contribution in [0.3, 0.4) is 0 Å². The molecule has 0 bridgehead atoms. The minimum Gasteiger partial charge on any atom is -0.122 e. The normalized spacial score (nSPS) is 24.6. The third kappa shape index (κ3) is 3.15. The van der Waals surface area contributed by atoms with Crippen LogP contribution in [-0.4, -0.2) is 5.25 Å². The molecule has 0 N–H and O–H groups in total. The number of rotatable bonds is 3. The van der Waals surface area contributed by atoms with E-state index in [4.69, 9.17) is 0 Å². The van der Waals surface area contributed by atoms with Crippen molar-refractivity contribution in [3.8, 4) is 0 Å². The van der Waals surface area contributed by atoms with E-state index in [0.717, 1.165) is 6.42 Å². The van der Waals surface area contributed by atoms with Crippen molar-refractivity contribution in [1.82, 2.24) is 0 Å². The van der Waals surface area contributed by atoms with Gasteiger partial charge in [0.1, 0.15) is 0 Å². The predicted octanol–water partition coefficient (Wildman–Crippen LogP) is 4.71. The Morgan fingerprint density at radius 2 is 2.20 bits per heavy atom. The van der Waals surface area contributed by atoms with Crippen LogP contribution in [0.1, 0.15) is 33.6 Å². The predicted molar refractivity (Wildman–Crippen MR) is 71.0 cm³/mol. The number of hydrogen-bond donors (Lipinski definition) is 0. The molecule has 1 heteroatoms. The Morgan fingerprint density at radius 1 is 1.53 bits per heavy atom. The first-order valence-electron chi connectivity index (χ1n) is 5.32. The summed E-state index contributed by atoms with van der Waals surface area (Å²) in [4.78, 5) is 0. The fourth-order valence-electron chi connectivity index (χ4n) is 2.10. The molecule has 0 nitrogen and oxygen atoms in total. The highest BCUT2D eigenvalue weighted by molar-refractivity contribution is 8.02. The summed E-state index contributed by atoms with van der Waals surface area (Å²) >= 11 is 1.82. The van der Waals surface area contributed by atoms with Gasteiger partial charge in [-0.1, -0.05) is 38.7 Å². The number of allylic oxidation sites excluding steroid dienone is 2. The van der Waals surface area contributed by atoms with E-state index in [1.54, 1.807) is 0 Å². The van der Waals surface area contributed by atoms with E-state index >= 15 is 0 Å². The van der Waals surface area contributed by atoms with Gasteiger partial charge in [0.15, 0.2) is 0 Å². The Bertz CT molecular complexity index is 327. The number of thioether (sulfide) groups is 1. The molecular formula is C14H20S. The van der Waals surface area contributed by atoms with Crippen molar-refractivity contribution in [3.05, 3.63) is 41.5 Å². The SMILES string of the molecule is C=C=CSC1CC(C)(C)CC(C=C)=C1C. The summed E-state index contributed by atoms with van der Waals surface area (Å²) in [7, 11) is 0. The van der Waals surface area contributed by atoms with Crippen molar-refractivity contribution in [2.75, 3.05) is 0 Å². The van der Waals surface area contributed by atoms with E-state index in [1.807, 2.05) is 23.2 Å². The van der Waals surface area contributed by atoms with Gasteiger partial charge in [-0.3, -0.25) is 0 Å². The lowest BCUT2D eigenvalue weighted by Gasteiger charge is -2.36. The summed E-state index contributed by atoms with van der Waals surface area (Å²) in [6, 6.07) is 0. The molecule has 1 rings (SSSR count). The van der Waals surface area contributed by atoms with E-state index in [1.165, 1.54) is 17.6 Å². The van der Waals surface area contributed by atoms with E-state index in [0.29, 0.717) is 10.7 Å². The second-order valence-electron chi connectivity index (χ2n) is 4.90. The third-order valence-corrected chi connectivity index (χ3v) is 4.11. The van der Waals surface area contributed by atoms with E-state index in [2.05, 4.69) is 39.7 Å². The molecule has 0 aromatic heterocycles. The summed E-state index contributed by atoms with van der Waals surface area (Å²) in [6.45, 7) is 14.4. The van der Waals surface area contributed by atoms with Crippen LogP contribution in [0, 0.1) is 5.41 Å². The fraction of sp³-hybridized carbons (Fsp3) is 0.500. The van der Waals surface area contributed by atoms with Gasteiger partial charge in [-0.2, -0.15) is 0 Å². The summed E-state index contributed by atoms with van der Waals surface area (Å²) < 4.78 is 0. The largest absolute Gasteiger partial charge is 0.122 e. The van der Waals surface area contributed by atoms with Crippen LogP contribution >= 0.6 is 11.8 Å². The molecule has 0 fully saturated rings. The van der Waals surface area contributed by atoms with Crippen LogP contribution in [-0.2, 0) is 0 Å². The van der Waals surface area contributed by atoms with Crippen molar-refractivity contribution in [3.63, 3.8) is 0 Å². The molecule has 0 aliphatic heterocycles. The topological polar surface area (TPSA) is 0 Å². The first kappa shape index (κ1) is 12.4. The Morgan fingerprint density at radius 3 is 2.73 bits per heavy atom. The number of hydrogen-bond acceptors (Lipinski definition) is 1. The van der Waals surface area contributed by atoms with Crippen molar-refractivity contribution < 1.29 is 0 Å². The average Bonchev–Trinajstić information content (AvgIpc) is 2.18. The van der Waals surface area contributed by atoms with Gasteiger partial charge in [0.25, 0.3) is 0 Å². The molecule has 1 aliphatic carbocycles. The van der Waals surface area contributed by atoms with Crippen LogP contribution in [0.5, 0.6) is 0 Å². The van der Waals surface area contributed by atoms with Crippen LogP contribution < -0.4 is 0 Å². The Kier molecular flexibility index (Phi) is 4.07. The average molecular weight is 220 g/mol. The van der Waals surface area contributed by atoms with E-state index in [-0.39, 0.29) is 0 Å². The summed E-state index contributed by atoms with van der Waals surface area (Å²) in [5.74, 6) is 0. The third-order valence-electron chi connectivity index (χ3n) is 2.96. The molecule has 1 aliphatic rings. The standard InChI is InChI=1S/C14H20S/c1-6-8-15-13-10-14(4,5)9-12(7-2)11(13)3/h7-8,13H,1-2,9-10H2,3-5H3. The Balaban J connectivity index is 2.95. The van der Waals surface area contributed by atoms with Crippen molar-refractivity contribution in [1.29, 1.82) is 0 Å². The maximum atomic E-state index is 3.91. The second kappa shape index (κ2) is 4.92. The molecule has 0 saturated carbocycles. The molecule has 0 aromatic rings. The van der Waals surface area contributed by atoms with Crippen LogP contribution in [0.25, 0.3) is 0 Å².